The predicted molar refractivity (Wildman–Crippen MR) is 86.5 cm³/mol. The first-order chi connectivity index (χ1) is 11.3. The van der Waals surface area contributed by atoms with Crippen LogP contribution in [-0.2, 0) is 4.79 Å². The van der Waals surface area contributed by atoms with Gasteiger partial charge in [-0.3, -0.25) is 14.8 Å². The van der Waals surface area contributed by atoms with Crippen molar-refractivity contribution in [3.63, 3.8) is 0 Å². The summed E-state index contributed by atoms with van der Waals surface area (Å²) in [5.74, 6) is 6.58. The molecule has 2 aliphatic rings. The monoisotopic (exact) mass is 303 g/mol. The van der Waals surface area contributed by atoms with Crippen molar-refractivity contribution in [2.24, 2.45) is 5.92 Å². The highest BCUT2D eigenvalue weighted by atomic mass is 16.2. The number of carbonyl (C=O) groups excluding carboxylic acids is 1. The van der Waals surface area contributed by atoms with E-state index in [4.69, 9.17) is 0 Å². The maximum atomic E-state index is 12.2. The summed E-state index contributed by atoms with van der Waals surface area (Å²) in [4.78, 5) is 20.7. The zero-order valence-electron chi connectivity index (χ0n) is 12.7. The highest BCUT2D eigenvalue weighted by molar-refractivity contribution is 5.86. The molecule has 1 aliphatic heterocycles. The van der Waals surface area contributed by atoms with Crippen LogP contribution in [-0.4, -0.2) is 21.9 Å². The van der Waals surface area contributed by atoms with Crippen molar-refractivity contribution in [2.45, 2.75) is 31.2 Å². The lowest BCUT2D eigenvalue weighted by molar-refractivity contribution is -0.121. The molecule has 0 aromatic carbocycles. The number of carbonyl (C=O) groups is 1. The number of hydrogen-bond acceptors (Lipinski definition) is 3. The molecular weight excluding hydrogens is 286 g/mol. The van der Waals surface area contributed by atoms with Gasteiger partial charge in [-0.25, -0.2) is 0 Å². The minimum atomic E-state index is -0.0946. The zero-order chi connectivity index (χ0) is 15.6. The Balaban J connectivity index is 1.55. The molecule has 4 heteroatoms. The fourth-order valence-corrected chi connectivity index (χ4v) is 3.63. The fourth-order valence-electron chi connectivity index (χ4n) is 3.63. The van der Waals surface area contributed by atoms with Gasteiger partial charge in [-0.05, 0) is 43.0 Å². The number of pyridine rings is 2. The first kappa shape index (κ1) is 14.0. The molecule has 2 aromatic rings. The van der Waals surface area contributed by atoms with Gasteiger partial charge in [-0.15, -0.1) is 0 Å². The van der Waals surface area contributed by atoms with Crippen molar-refractivity contribution >= 4 is 5.91 Å². The maximum Gasteiger partial charge on any atom is 0.229 e. The molecule has 1 amide bonds. The number of fused-ring (bicyclic) bond motifs is 1. The quantitative estimate of drug-likeness (QED) is 0.822. The minimum absolute atomic E-state index is 0.0946. The molecule has 0 radical (unpaired) electrons. The van der Waals surface area contributed by atoms with Gasteiger partial charge in [0.2, 0.25) is 5.91 Å². The van der Waals surface area contributed by atoms with Gasteiger partial charge in [-0.1, -0.05) is 18.3 Å². The van der Waals surface area contributed by atoms with E-state index in [1.807, 2.05) is 24.3 Å². The highest BCUT2D eigenvalue weighted by Crippen LogP contribution is 2.41. The van der Waals surface area contributed by atoms with Crippen LogP contribution in [0.1, 0.15) is 42.0 Å². The summed E-state index contributed by atoms with van der Waals surface area (Å²) >= 11 is 0. The normalized spacial score (nSPS) is 25.4. The van der Waals surface area contributed by atoms with Crippen LogP contribution in [0.3, 0.4) is 0 Å². The second-order valence-electron chi connectivity index (χ2n) is 6.15. The molecule has 2 aromatic heterocycles. The highest BCUT2D eigenvalue weighted by Gasteiger charge is 2.45. The first-order valence-corrected chi connectivity index (χ1v) is 7.99. The van der Waals surface area contributed by atoms with Crippen LogP contribution >= 0.6 is 0 Å². The van der Waals surface area contributed by atoms with E-state index in [0.29, 0.717) is 12.0 Å². The van der Waals surface area contributed by atoms with Crippen molar-refractivity contribution < 1.29 is 4.79 Å². The molecular formula is C19H17N3O. The lowest BCUT2D eigenvalue weighted by atomic mass is 9.89. The van der Waals surface area contributed by atoms with E-state index in [1.54, 1.807) is 18.6 Å². The summed E-state index contributed by atoms with van der Waals surface area (Å²) in [7, 11) is 0. The van der Waals surface area contributed by atoms with Crippen LogP contribution in [0.15, 0.2) is 42.9 Å². The molecule has 1 aliphatic carbocycles. The van der Waals surface area contributed by atoms with E-state index in [-0.39, 0.29) is 11.8 Å². The molecule has 3 unspecified atom stereocenters. The van der Waals surface area contributed by atoms with Gasteiger partial charge in [-0.2, -0.15) is 0 Å². The molecule has 0 bridgehead atoms. The van der Waals surface area contributed by atoms with Gasteiger partial charge in [0.25, 0.3) is 0 Å². The number of rotatable bonds is 1. The lowest BCUT2D eigenvalue weighted by Crippen LogP contribution is -2.25. The SMILES string of the molecule is O=C1NC2CCCC2C1c1ccc(C#Cc2cccnc2)cn1. The van der Waals surface area contributed by atoms with E-state index in [1.165, 1.54) is 6.42 Å². The molecule has 1 N–H and O–H groups in total. The van der Waals surface area contributed by atoms with Gasteiger partial charge in [0, 0.05) is 35.8 Å². The minimum Gasteiger partial charge on any atom is -0.352 e. The van der Waals surface area contributed by atoms with Crippen LogP contribution in [0.25, 0.3) is 0 Å². The van der Waals surface area contributed by atoms with Crippen molar-refractivity contribution in [3.05, 3.63) is 59.7 Å². The average molecular weight is 303 g/mol. The Hall–Kier alpha value is -2.67. The number of hydrogen-bond donors (Lipinski definition) is 1. The summed E-state index contributed by atoms with van der Waals surface area (Å²) < 4.78 is 0. The number of amides is 1. The zero-order valence-corrected chi connectivity index (χ0v) is 12.7. The summed E-state index contributed by atoms with van der Waals surface area (Å²) in [6.45, 7) is 0. The van der Waals surface area contributed by atoms with Gasteiger partial charge < -0.3 is 5.32 Å². The van der Waals surface area contributed by atoms with Crippen molar-refractivity contribution in [1.29, 1.82) is 0 Å². The molecule has 3 heterocycles. The van der Waals surface area contributed by atoms with Gasteiger partial charge >= 0.3 is 0 Å². The van der Waals surface area contributed by atoms with Crippen LogP contribution in [0, 0.1) is 17.8 Å². The fraction of sp³-hybridized carbons (Fsp3) is 0.316. The third kappa shape index (κ3) is 2.70. The third-order valence-electron chi connectivity index (χ3n) is 4.73. The number of nitrogens with zero attached hydrogens (tertiary/aromatic N) is 2. The molecule has 4 nitrogen and oxygen atoms in total. The molecule has 0 spiro atoms. The molecule has 1 saturated carbocycles. The summed E-state index contributed by atoms with van der Waals surface area (Å²) in [5.41, 5.74) is 2.59. The molecule has 2 fully saturated rings. The smallest absolute Gasteiger partial charge is 0.229 e. The third-order valence-corrected chi connectivity index (χ3v) is 4.73. The maximum absolute atomic E-state index is 12.2. The van der Waals surface area contributed by atoms with Crippen LogP contribution in [0.5, 0.6) is 0 Å². The van der Waals surface area contributed by atoms with E-state index in [9.17, 15) is 4.79 Å². The van der Waals surface area contributed by atoms with E-state index >= 15 is 0 Å². The number of nitrogens with one attached hydrogen (secondary N) is 1. The van der Waals surface area contributed by atoms with Crippen LogP contribution < -0.4 is 5.32 Å². The lowest BCUT2D eigenvalue weighted by Gasteiger charge is -2.14. The molecule has 1 saturated heterocycles. The van der Waals surface area contributed by atoms with Crippen molar-refractivity contribution in [3.8, 4) is 11.8 Å². The second-order valence-corrected chi connectivity index (χ2v) is 6.15. The summed E-state index contributed by atoms with van der Waals surface area (Å²) in [5, 5.41) is 3.11. The molecule has 23 heavy (non-hydrogen) atoms. The van der Waals surface area contributed by atoms with Crippen molar-refractivity contribution in [2.75, 3.05) is 0 Å². The van der Waals surface area contributed by atoms with Crippen LogP contribution in [0.4, 0.5) is 0 Å². The Morgan fingerprint density at radius 1 is 1.09 bits per heavy atom. The number of aromatic nitrogens is 2. The van der Waals surface area contributed by atoms with Gasteiger partial charge in [0.05, 0.1) is 11.6 Å². The van der Waals surface area contributed by atoms with E-state index in [2.05, 4.69) is 27.1 Å². The summed E-state index contributed by atoms with van der Waals surface area (Å²) in [6, 6.07) is 8.02. The van der Waals surface area contributed by atoms with Crippen LogP contribution in [0.2, 0.25) is 0 Å². The Bertz CT molecular complexity index is 774. The molecule has 114 valence electrons. The van der Waals surface area contributed by atoms with Gasteiger partial charge in [0.1, 0.15) is 0 Å². The van der Waals surface area contributed by atoms with E-state index in [0.717, 1.165) is 29.7 Å². The largest absolute Gasteiger partial charge is 0.352 e. The predicted octanol–water partition coefficient (Wildman–Crippen LogP) is 2.26. The topological polar surface area (TPSA) is 54.9 Å². The first-order valence-electron chi connectivity index (χ1n) is 7.99. The molecule has 4 rings (SSSR count). The Morgan fingerprint density at radius 2 is 1.96 bits per heavy atom. The van der Waals surface area contributed by atoms with Crippen molar-refractivity contribution in [1.82, 2.24) is 15.3 Å². The standard InChI is InChI=1S/C19H17N3O/c23-19-18(15-4-1-5-16(15)22-19)17-9-8-14(12-21-17)7-6-13-3-2-10-20-11-13/h2-3,8-12,15-16,18H,1,4-5H2,(H,22,23). The molecule has 3 atom stereocenters. The Morgan fingerprint density at radius 3 is 2.70 bits per heavy atom. The van der Waals surface area contributed by atoms with E-state index < -0.39 is 0 Å². The van der Waals surface area contributed by atoms with Gasteiger partial charge in [0.15, 0.2) is 0 Å². The second kappa shape index (κ2) is 5.85. The Labute approximate surface area is 135 Å². The Kier molecular flexibility index (Phi) is 3.55. The summed E-state index contributed by atoms with van der Waals surface area (Å²) in [6.07, 6.45) is 8.62. The average Bonchev–Trinajstić information content (AvgIpc) is 3.14.